The molecular formula is C32H33BrClNO8S6. The lowest BCUT2D eigenvalue weighted by molar-refractivity contribution is 0.595. The number of hydrogen-bond donors (Lipinski definition) is 1. The molecule has 0 unspecified atom stereocenters. The molecule has 0 saturated heterocycles. The maximum Gasteiger partial charge on any atom is 0.216 e. The molecule has 2 N–H and O–H groups in total. The van der Waals surface area contributed by atoms with Crippen LogP contribution >= 0.6 is 51.0 Å². The Balaban J connectivity index is 0.000000268. The van der Waals surface area contributed by atoms with E-state index in [0.717, 1.165) is 45.6 Å². The molecule has 9 nitrogen and oxygen atoms in total. The van der Waals surface area contributed by atoms with Crippen molar-refractivity contribution >= 4 is 90.4 Å². The third-order valence-corrected chi connectivity index (χ3v) is 17.1. The number of nitrogens with two attached hydrogens (primary N) is 1. The zero-order valence-corrected chi connectivity index (χ0v) is 33.9. The second-order valence-corrected chi connectivity index (χ2v) is 22.1. The molecule has 49 heavy (non-hydrogen) atoms. The lowest BCUT2D eigenvalue weighted by atomic mass is 10.0. The van der Waals surface area contributed by atoms with E-state index in [1.54, 1.807) is 30.3 Å². The van der Waals surface area contributed by atoms with Gasteiger partial charge in [-0.15, -0.1) is 35.1 Å². The Labute approximate surface area is 310 Å². The summed E-state index contributed by atoms with van der Waals surface area (Å²) >= 11 is 5.47. The Bertz CT molecular complexity index is 2440. The van der Waals surface area contributed by atoms with Crippen LogP contribution in [-0.2, 0) is 52.3 Å². The highest BCUT2D eigenvalue weighted by atomic mass is 79.9. The average molecular weight is 867 g/mol. The Hall–Kier alpha value is -2.41. The average Bonchev–Trinajstić information content (AvgIpc) is 3.71. The summed E-state index contributed by atoms with van der Waals surface area (Å²) in [5.41, 5.74) is 7.50. The van der Waals surface area contributed by atoms with Gasteiger partial charge in [-0.3, -0.25) is 0 Å². The van der Waals surface area contributed by atoms with Crippen molar-refractivity contribution in [3.05, 3.63) is 105 Å². The molecule has 0 atom stereocenters. The van der Waals surface area contributed by atoms with Crippen molar-refractivity contribution in [1.82, 2.24) is 0 Å². The molecule has 0 aliphatic heterocycles. The van der Waals surface area contributed by atoms with Crippen molar-refractivity contribution in [2.45, 2.75) is 54.8 Å². The van der Waals surface area contributed by atoms with Gasteiger partial charge in [0.2, 0.25) is 19.7 Å². The van der Waals surface area contributed by atoms with Gasteiger partial charge >= 0.3 is 0 Å². The van der Waals surface area contributed by atoms with E-state index in [1.807, 2.05) is 26.0 Å². The molecule has 0 amide bonds. The standard InChI is InChI=1S/C19H19NO4S3.C13H13BrO4S3.ClH/c1-13-5-3-4-6-16(13)17-11-15(8-9-18(17)26(2,21)22)27(23,24)19-10-7-14(12-20)25-19;1-3-9-4-7-13(19-9)21(17,18)10-5-6-12(11(14)8-10)20(2,15)16;/h3-11H,12,20H2,1-2H3;4-8H,3H2,1-2H3;1H. The molecular weight excluding hydrogens is 834 g/mol. The number of thiophene rings is 2. The van der Waals surface area contributed by atoms with Crippen molar-refractivity contribution in [2.24, 2.45) is 5.73 Å². The minimum Gasteiger partial charge on any atom is -0.326 e. The minimum atomic E-state index is -3.77. The second kappa shape index (κ2) is 15.9. The van der Waals surface area contributed by atoms with Crippen molar-refractivity contribution < 1.29 is 33.7 Å². The lowest BCUT2D eigenvalue weighted by Gasteiger charge is -2.13. The number of aryl methyl sites for hydroxylation is 2. The Morgan fingerprint density at radius 2 is 1.12 bits per heavy atom. The minimum absolute atomic E-state index is 0. The summed E-state index contributed by atoms with van der Waals surface area (Å²) in [4.78, 5) is 2.05. The molecule has 0 fully saturated rings. The van der Waals surface area contributed by atoms with Gasteiger partial charge in [0.25, 0.3) is 0 Å². The highest BCUT2D eigenvalue weighted by molar-refractivity contribution is 9.10. The Kier molecular flexibility index (Phi) is 13.3. The molecule has 0 saturated carbocycles. The van der Waals surface area contributed by atoms with Crippen LogP contribution in [0.5, 0.6) is 0 Å². The van der Waals surface area contributed by atoms with Crippen molar-refractivity contribution in [2.75, 3.05) is 12.5 Å². The van der Waals surface area contributed by atoms with Crippen LogP contribution in [0.1, 0.15) is 22.2 Å². The smallest absolute Gasteiger partial charge is 0.216 e. The summed E-state index contributed by atoms with van der Waals surface area (Å²) in [6, 6.07) is 22.0. The number of benzene rings is 3. The molecule has 0 aliphatic carbocycles. The molecule has 0 spiro atoms. The topological polar surface area (TPSA) is 163 Å². The Morgan fingerprint density at radius 3 is 1.57 bits per heavy atom. The van der Waals surface area contributed by atoms with Crippen molar-refractivity contribution in [3.8, 4) is 11.1 Å². The number of sulfone groups is 4. The third kappa shape index (κ3) is 9.28. The fourth-order valence-electron chi connectivity index (χ4n) is 4.57. The van der Waals surface area contributed by atoms with Gasteiger partial charge in [-0.05, 0) is 101 Å². The van der Waals surface area contributed by atoms with Crippen LogP contribution in [0.25, 0.3) is 11.1 Å². The van der Waals surface area contributed by atoms with Gasteiger partial charge in [-0.25, -0.2) is 33.7 Å². The molecule has 0 radical (unpaired) electrons. The molecule has 0 aliphatic rings. The fourth-order valence-corrected chi connectivity index (χ4v) is 13.0. The normalized spacial score (nSPS) is 12.1. The van der Waals surface area contributed by atoms with E-state index in [4.69, 9.17) is 5.73 Å². The fraction of sp³-hybridized carbons (Fsp3) is 0.188. The van der Waals surface area contributed by atoms with Crippen LogP contribution in [0.3, 0.4) is 0 Å². The van der Waals surface area contributed by atoms with E-state index in [1.165, 1.54) is 53.8 Å². The van der Waals surface area contributed by atoms with E-state index in [0.29, 0.717) is 11.1 Å². The number of halogens is 2. The van der Waals surface area contributed by atoms with Gasteiger partial charge in [0.1, 0.15) is 8.42 Å². The second-order valence-electron chi connectivity index (χ2n) is 10.6. The van der Waals surface area contributed by atoms with Gasteiger partial charge in [0.05, 0.1) is 19.6 Å². The zero-order chi connectivity index (χ0) is 35.7. The predicted molar refractivity (Wildman–Crippen MR) is 201 cm³/mol. The van der Waals surface area contributed by atoms with Gasteiger partial charge < -0.3 is 5.73 Å². The quantitative estimate of drug-likeness (QED) is 0.162. The first-order valence-corrected chi connectivity index (χ1v) is 23.3. The van der Waals surface area contributed by atoms with Gasteiger partial charge in [-0.1, -0.05) is 31.2 Å². The van der Waals surface area contributed by atoms with Crippen LogP contribution in [-0.4, -0.2) is 46.2 Å². The molecule has 2 aromatic heterocycles. The molecule has 5 aromatic rings. The molecule has 17 heteroatoms. The molecule has 2 heterocycles. The van der Waals surface area contributed by atoms with Crippen molar-refractivity contribution in [3.63, 3.8) is 0 Å². The van der Waals surface area contributed by atoms with E-state index in [9.17, 15) is 33.7 Å². The number of hydrogen-bond acceptors (Lipinski definition) is 11. The van der Waals surface area contributed by atoms with Crippen LogP contribution in [0, 0.1) is 6.92 Å². The maximum atomic E-state index is 13.0. The van der Waals surface area contributed by atoms with E-state index in [-0.39, 0.29) is 51.4 Å². The predicted octanol–water partition coefficient (Wildman–Crippen LogP) is 7.15. The first kappa shape index (κ1) is 41.0. The van der Waals surface area contributed by atoms with Gasteiger partial charge in [-0.2, -0.15) is 0 Å². The summed E-state index contributed by atoms with van der Waals surface area (Å²) < 4.78 is 99.4. The summed E-state index contributed by atoms with van der Waals surface area (Å²) in [5, 5.41) is 0. The monoisotopic (exact) mass is 865 g/mol. The highest BCUT2D eigenvalue weighted by Crippen LogP contribution is 2.35. The van der Waals surface area contributed by atoms with E-state index >= 15 is 0 Å². The summed E-state index contributed by atoms with van der Waals surface area (Å²) in [5.74, 6) is 0. The van der Waals surface area contributed by atoms with Crippen LogP contribution in [0.4, 0.5) is 0 Å². The SMILES string of the molecule is CCc1ccc(S(=O)(=O)c2ccc(S(C)(=O)=O)c(Br)c2)s1.Cc1ccccc1-c1cc(S(=O)(=O)c2ccc(CN)s2)ccc1S(C)(=O)=O.Cl. The van der Waals surface area contributed by atoms with E-state index < -0.39 is 39.3 Å². The molecule has 5 rings (SSSR count). The third-order valence-electron chi connectivity index (χ3n) is 7.06. The zero-order valence-electron chi connectivity index (χ0n) is 26.6. The molecule has 264 valence electrons. The largest absolute Gasteiger partial charge is 0.326 e. The molecule has 0 bridgehead atoms. The molecule has 3 aromatic carbocycles. The first-order valence-electron chi connectivity index (χ1n) is 14.1. The van der Waals surface area contributed by atoms with Crippen molar-refractivity contribution in [1.29, 1.82) is 0 Å². The van der Waals surface area contributed by atoms with Gasteiger partial charge in [0.15, 0.2) is 19.7 Å². The first-order chi connectivity index (χ1) is 22.3. The van der Waals surface area contributed by atoms with Crippen LogP contribution < -0.4 is 5.73 Å². The lowest BCUT2D eigenvalue weighted by Crippen LogP contribution is -2.05. The van der Waals surface area contributed by atoms with Crippen LogP contribution in [0.15, 0.2) is 117 Å². The summed E-state index contributed by atoms with van der Waals surface area (Å²) in [7, 11) is -14.3. The Morgan fingerprint density at radius 1 is 0.633 bits per heavy atom. The van der Waals surface area contributed by atoms with Gasteiger partial charge in [0, 0.05) is 38.8 Å². The highest BCUT2D eigenvalue weighted by Gasteiger charge is 2.25. The summed E-state index contributed by atoms with van der Waals surface area (Å²) in [6.45, 7) is 4.08. The summed E-state index contributed by atoms with van der Waals surface area (Å²) in [6.07, 6.45) is 2.97. The number of rotatable bonds is 9. The van der Waals surface area contributed by atoms with Crippen LogP contribution in [0.2, 0.25) is 0 Å². The maximum absolute atomic E-state index is 13.0. The van der Waals surface area contributed by atoms with E-state index in [2.05, 4.69) is 15.9 Å².